The van der Waals surface area contributed by atoms with Crippen molar-refractivity contribution in [3.05, 3.63) is 77.4 Å². The van der Waals surface area contributed by atoms with Crippen molar-refractivity contribution < 1.29 is 4.79 Å². The van der Waals surface area contributed by atoms with E-state index in [0.29, 0.717) is 12.2 Å². The molecule has 0 fully saturated rings. The molecule has 0 spiro atoms. The normalized spacial score (nSPS) is 17.0. The van der Waals surface area contributed by atoms with Crippen molar-refractivity contribution >= 4 is 5.91 Å². The number of rotatable bonds is 5. The second-order valence-electron chi connectivity index (χ2n) is 6.84. The quantitative estimate of drug-likeness (QED) is 0.743. The second kappa shape index (κ2) is 7.17. The molecule has 3 aromatic rings. The summed E-state index contributed by atoms with van der Waals surface area (Å²) in [6.07, 6.45) is 2.11. The van der Waals surface area contributed by atoms with Crippen molar-refractivity contribution in [3.8, 4) is 0 Å². The summed E-state index contributed by atoms with van der Waals surface area (Å²) in [6.45, 7) is 5.10. The maximum atomic E-state index is 12.3. The maximum absolute atomic E-state index is 12.3. The Kier molecular flexibility index (Phi) is 4.58. The Balaban J connectivity index is 1.47. The minimum Gasteiger partial charge on any atom is -0.349 e. The van der Waals surface area contributed by atoms with Crippen LogP contribution in [0.3, 0.4) is 0 Å². The number of benzene rings is 1. The molecule has 2 aromatic heterocycles. The first kappa shape index (κ1) is 16.6. The number of hydrogen-bond acceptors (Lipinski definition) is 3. The number of aromatic amines is 1. The molecule has 1 atom stereocenters. The van der Waals surface area contributed by atoms with Crippen LogP contribution in [0.15, 0.2) is 54.7 Å². The van der Waals surface area contributed by atoms with Gasteiger partial charge in [-0.1, -0.05) is 30.3 Å². The summed E-state index contributed by atoms with van der Waals surface area (Å²) >= 11 is 0. The zero-order valence-electron chi connectivity index (χ0n) is 14.9. The maximum Gasteiger partial charge on any atom is 0.271 e. The summed E-state index contributed by atoms with van der Waals surface area (Å²) in [5.74, 6) is -0.132. The van der Waals surface area contributed by atoms with Crippen LogP contribution in [-0.2, 0) is 19.6 Å². The molecule has 3 heterocycles. The minimum absolute atomic E-state index is 0.132. The Morgan fingerprint density at radius 1 is 1.27 bits per heavy atom. The minimum atomic E-state index is -0.132. The third-order valence-corrected chi connectivity index (χ3v) is 4.88. The average Bonchev–Trinajstić information content (AvgIpc) is 3.28. The van der Waals surface area contributed by atoms with Gasteiger partial charge in [-0.15, -0.1) is 0 Å². The Hall–Kier alpha value is -2.86. The van der Waals surface area contributed by atoms with Crippen LogP contribution in [0.2, 0.25) is 0 Å². The van der Waals surface area contributed by atoms with Crippen molar-refractivity contribution in [1.82, 2.24) is 25.0 Å². The topological polar surface area (TPSA) is 66.0 Å². The molecular weight excluding hydrogens is 326 g/mol. The van der Waals surface area contributed by atoms with Crippen molar-refractivity contribution in [2.24, 2.45) is 0 Å². The van der Waals surface area contributed by atoms with Crippen molar-refractivity contribution in [1.29, 1.82) is 0 Å². The Bertz CT molecular complexity index is 883. The first-order chi connectivity index (χ1) is 12.7. The monoisotopic (exact) mass is 349 g/mol. The van der Waals surface area contributed by atoms with E-state index < -0.39 is 0 Å². The van der Waals surface area contributed by atoms with E-state index in [1.54, 1.807) is 6.07 Å². The number of H-pyrrole nitrogens is 1. The molecule has 2 N–H and O–H groups in total. The SMILES string of the molecule is Cc1cc(C(=O)NCC2Cn3cccc3CN2Cc2ccccc2)n[nH]1. The van der Waals surface area contributed by atoms with Gasteiger partial charge in [0.1, 0.15) is 5.69 Å². The van der Waals surface area contributed by atoms with E-state index in [9.17, 15) is 4.79 Å². The van der Waals surface area contributed by atoms with E-state index in [0.717, 1.165) is 25.3 Å². The predicted molar refractivity (Wildman–Crippen MR) is 99.6 cm³/mol. The van der Waals surface area contributed by atoms with Gasteiger partial charge in [-0.2, -0.15) is 5.10 Å². The van der Waals surface area contributed by atoms with E-state index in [1.165, 1.54) is 11.3 Å². The van der Waals surface area contributed by atoms with Crippen molar-refractivity contribution in [3.63, 3.8) is 0 Å². The van der Waals surface area contributed by atoms with Crippen molar-refractivity contribution in [2.75, 3.05) is 6.54 Å². The molecule has 4 rings (SSSR count). The Morgan fingerprint density at radius 2 is 2.12 bits per heavy atom. The number of hydrogen-bond donors (Lipinski definition) is 2. The number of carbonyl (C=O) groups is 1. The van der Waals surface area contributed by atoms with Crippen LogP contribution >= 0.6 is 0 Å². The number of aryl methyl sites for hydroxylation is 1. The zero-order chi connectivity index (χ0) is 17.9. The van der Waals surface area contributed by atoms with E-state index in [2.05, 4.69) is 67.6 Å². The summed E-state index contributed by atoms with van der Waals surface area (Å²) in [5.41, 5.74) is 3.92. The summed E-state index contributed by atoms with van der Waals surface area (Å²) in [7, 11) is 0. The van der Waals surface area contributed by atoms with Gasteiger partial charge in [0.15, 0.2) is 0 Å². The lowest BCUT2D eigenvalue weighted by molar-refractivity contribution is 0.0894. The molecule has 6 heteroatoms. The number of nitrogens with zero attached hydrogens (tertiary/aromatic N) is 3. The van der Waals surface area contributed by atoms with Gasteiger partial charge in [0.25, 0.3) is 5.91 Å². The molecular formula is C20H23N5O. The van der Waals surface area contributed by atoms with Gasteiger partial charge >= 0.3 is 0 Å². The molecule has 1 aliphatic heterocycles. The van der Waals surface area contributed by atoms with Gasteiger partial charge in [0.05, 0.1) is 0 Å². The lowest BCUT2D eigenvalue weighted by Crippen LogP contribution is -2.48. The molecule has 0 bridgehead atoms. The molecule has 26 heavy (non-hydrogen) atoms. The van der Waals surface area contributed by atoms with Crippen LogP contribution in [-0.4, -0.2) is 38.2 Å². The lowest BCUT2D eigenvalue weighted by atomic mass is 10.1. The smallest absolute Gasteiger partial charge is 0.271 e. The van der Waals surface area contributed by atoms with Crippen molar-refractivity contribution in [2.45, 2.75) is 32.6 Å². The summed E-state index contributed by atoms with van der Waals surface area (Å²) < 4.78 is 2.27. The highest BCUT2D eigenvalue weighted by atomic mass is 16.1. The molecule has 6 nitrogen and oxygen atoms in total. The number of aromatic nitrogens is 3. The zero-order valence-corrected chi connectivity index (χ0v) is 14.9. The fourth-order valence-electron chi connectivity index (χ4n) is 3.48. The number of fused-ring (bicyclic) bond motifs is 1. The molecule has 1 aliphatic rings. The van der Waals surface area contributed by atoms with Gasteiger partial charge in [0.2, 0.25) is 0 Å². The van der Waals surface area contributed by atoms with Gasteiger partial charge < -0.3 is 9.88 Å². The number of carbonyl (C=O) groups excluding carboxylic acids is 1. The fourth-order valence-corrected chi connectivity index (χ4v) is 3.48. The third-order valence-electron chi connectivity index (χ3n) is 4.88. The van der Waals surface area contributed by atoms with Gasteiger partial charge in [-0.05, 0) is 30.7 Å². The highest BCUT2D eigenvalue weighted by molar-refractivity contribution is 5.92. The molecule has 0 saturated carbocycles. The van der Waals surface area contributed by atoms with Crippen LogP contribution in [0.1, 0.15) is 27.4 Å². The molecule has 1 unspecified atom stereocenters. The average molecular weight is 349 g/mol. The first-order valence-electron chi connectivity index (χ1n) is 8.91. The van der Waals surface area contributed by atoms with E-state index in [4.69, 9.17) is 0 Å². The van der Waals surface area contributed by atoms with Gasteiger partial charge in [0, 0.05) is 49.8 Å². The second-order valence-corrected chi connectivity index (χ2v) is 6.84. The van der Waals surface area contributed by atoms with E-state index in [-0.39, 0.29) is 11.9 Å². The summed E-state index contributed by atoms with van der Waals surface area (Å²) in [5, 5.41) is 9.90. The molecule has 1 aromatic carbocycles. The molecule has 134 valence electrons. The Morgan fingerprint density at radius 3 is 2.88 bits per heavy atom. The molecule has 0 saturated heterocycles. The van der Waals surface area contributed by atoms with Crippen LogP contribution in [0, 0.1) is 6.92 Å². The molecule has 0 aliphatic carbocycles. The highest BCUT2D eigenvalue weighted by Crippen LogP contribution is 2.20. The molecule has 0 radical (unpaired) electrons. The van der Waals surface area contributed by atoms with E-state index >= 15 is 0 Å². The van der Waals surface area contributed by atoms with E-state index in [1.807, 2.05) is 13.0 Å². The molecule has 1 amide bonds. The van der Waals surface area contributed by atoms with Crippen LogP contribution in [0.25, 0.3) is 0 Å². The largest absolute Gasteiger partial charge is 0.349 e. The third kappa shape index (κ3) is 3.55. The summed E-state index contributed by atoms with van der Waals surface area (Å²) in [4.78, 5) is 14.8. The standard InChI is InChI=1S/C20H23N5O/c1-15-10-19(23-22-15)20(26)21-11-18-14-24-9-5-8-17(24)13-25(18)12-16-6-3-2-4-7-16/h2-10,18H,11-14H2,1H3,(H,21,26)(H,22,23). The number of amides is 1. The predicted octanol–water partition coefficient (Wildman–Crippen LogP) is 2.33. The fraction of sp³-hybridized carbons (Fsp3) is 0.300. The summed E-state index contributed by atoms with van der Waals surface area (Å²) in [6, 6.07) is 16.7. The Labute approximate surface area is 152 Å². The van der Waals surface area contributed by atoms with Gasteiger partial charge in [-0.3, -0.25) is 14.8 Å². The first-order valence-corrected chi connectivity index (χ1v) is 8.91. The van der Waals surface area contributed by atoms with Crippen LogP contribution < -0.4 is 5.32 Å². The lowest BCUT2D eigenvalue weighted by Gasteiger charge is -2.37. The number of nitrogens with one attached hydrogen (secondary N) is 2. The highest BCUT2D eigenvalue weighted by Gasteiger charge is 2.26. The van der Waals surface area contributed by atoms with Gasteiger partial charge in [-0.25, -0.2) is 0 Å². The van der Waals surface area contributed by atoms with Crippen LogP contribution in [0.5, 0.6) is 0 Å². The van der Waals surface area contributed by atoms with Crippen LogP contribution in [0.4, 0.5) is 0 Å².